The monoisotopic (exact) mass is 493 g/mol. The fourth-order valence-corrected chi connectivity index (χ4v) is 5.20. The summed E-state index contributed by atoms with van der Waals surface area (Å²) in [6.07, 6.45) is 2.11. The average Bonchev–Trinajstić information content (AvgIpc) is 3.40. The third kappa shape index (κ3) is 4.45. The number of aromatic nitrogens is 2. The molecule has 8 heteroatoms. The van der Waals surface area contributed by atoms with Gasteiger partial charge in [-0.2, -0.15) is 0 Å². The number of thioether (sulfide) groups is 1. The van der Waals surface area contributed by atoms with Crippen molar-refractivity contribution in [1.82, 2.24) is 14.5 Å². The zero-order valence-electron chi connectivity index (χ0n) is 18.2. The van der Waals surface area contributed by atoms with Crippen molar-refractivity contribution < 1.29 is 9.18 Å². The van der Waals surface area contributed by atoms with Crippen LogP contribution in [0.4, 0.5) is 4.39 Å². The molecule has 0 N–H and O–H groups in total. The Morgan fingerprint density at radius 2 is 1.76 bits per heavy atom. The Morgan fingerprint density at radius 1 is 1.03 bits per heavy atom. The Morgan fingerprint density at radius 3 is 2.50 bits per heavy atom. The van der Waals surface area contributed by atoms with Gasteiger partial charge in [-0.3, -0.25) is 14.2 Å². The van der Waals surface area contributed by atoms with Gasteiger partial charge in [-0.05, 0) is 60.9 Å². The minimum absolute atomic E-state index is 0.0632. The van der Waals surface area contributed by atoms with Gasteiger partial charge in [0.1, 0.15) is 5.82 Å². The molecule has 5 nitrogen and oxygen atoms in total. The fourth-order valence-electron chi connectivity index (χ4n) is 4.06. The van der Waals surface area contributed by atoms with Gasteiger partial charge in [-0.1, -0.05) is 47.6 Å². The van der Waals surface area contributed by atoms with Crippen molar-refractivity contribution in [1.29, 1.82) is 0 Å². The highest BCUT2D eigenvalue weighted by Crippen LogP contribution is 2.27. The number of carbonyl (C=O) groups excluding carboxylic acids is 1. The third-order valence-corrected chi connectivity index (χ3v) is 7.17. The van der Waals surface area contributed by atoms with E-state index in [1.54, 1.807) is 18.2 Å². The van der Waals surface area contributed by atoms with Crippen molar-refractivity contribution >= 4 is 40.2 Å². The molecule has 5 rings (SSSR count). The lowest BCUT2D eigenvalue weighted by atomic mass is 10.1. The van der Waals surface area contributed by atoms with Crippen LogP contribution in [0.3, 0.4) is 0 Å². The second-order valence-electron chi connectivity index (χ2n) is 8.14. The van der Waals surface area contributed by atoms with Gasteiger partial charge in [0, 0.05) is 24.4 Å². The molecule has 1 aliphatic heterocycles. The average molecular weight is 494 g/mol. The number of hydrogen-bond donors (Lipinski definition) is 0. The molecule has 3 aromatic carbocycles. The summed E-state index contributed by atoms with van der Waals surface area (Å²) in [6.45, 7) is 1.63. The van der Waals surface area contributed by atoms with Crippen LogP contribution in [-0.2, 0) is 5.75 Å². The standard InChI is InChI=1S/C26H21ClFN3O2S/c27-21-15-19(11-12-22(21)28)31-25(33)20-5-1-2-6-23(20)29-26(31)34-16-17-7-9-18(10-8-17)24(32)30-13-3-4-14-30/h1-2,5-12,15H,3-4,13-14,16H2. The van der Waals surface area contributed by atoms with E-state index in [1.165, 1.54) is 34.5 Å². The molecule has 0 bridgehead atoms. The highest BCUT2D eigenvalue weighted by Gasteiger charge is 2.19. The van der Waals surface area contributed by atoms with Gasteiger partial charge >= 0.3 is 0 Å². The Bertz CT molecular complexity index is 1430. The van der Waals surface area contributed by atoms with E-state index in [0.717, 1.165) is 31.5 Å². The molecule has 1 saturated heterocycles. The summed E-state index contributed by atoms with van der Waals surface area (Å²) in [5.41, 5.74) is 2.46. The van der Waals surface area contributed by atoms with Crippen LogP contribution >= 0.6 is 23.4 Å². The molecule has 0 aliphatic carbocycles. The van der Waals surface area contributed by atoms with Crippen molar-refractivity contribution in [2.45, 2.75) is 23.8 Å². The number of fused-ring (bicyclic) bond motifs is 1. The molecular weight excluding hydrogens is 473 g/mol. The zero-order chi connectivity index (χ0) is 23.7. The van der Waals surface area contributed by atoms with Crippen LogP contribution in [0.1, 0.15) is 28.8 Å². The predicted molar refractivity (Wildman–Crippen MR) is 133 cm³/mol. The summed E-state index contributed by atoms with van der Waals surface area (Å²) < 4.78 is 15.2. The van der Waals surface area contributed by atoms with E-state index in [2.05, 4.69) is 0 Å². The van der Waals surface area contributed by atoms with Crippen LogP contribution in [0.15, 0.2) is 76.7 Å². The highest BCUT2D eigenvalue weighted by molar-refractivity contribution is 7.98. The minimum atomic E-state index is -0.551. The summed E-state index contributed by atoms with van der Waals surface area (Å²) in [5, 5.41) is 0.882. The lowest BCUT2D eigenvalue weighted by molar-refractivity contribution is 0.0793. The SMILES string of the molecule is O=C(c1ccc(CSc2nc3ccccc3c(=O)n2-c2ccc(F)c(Cl)c2)cc1)N1CCCC1. The van der Waals surface area contributed by atoms with Crippen LogP contribution in [0.25, 0.3) is 16.6 Å². The van der Waals surface area contributed by atoms with E-state index in [0.29, 0.717) is 33.1 Å². The topological polar surface area (TPSA) is 55.2 Å². The van der Waals surface area contributed by atoms with Gasteiger partial charge in [-0.15, -0.1) is 0 Å². The van der Waals surface area contributed by atoms with Gasteiger partial charge in [0.15, 0.2) is 5.16 Å². The molecule has 0 radical (unpaired) electrons. The quantitative estimate of drug-likeness (QED) is 0.264. The number of rotatable bonds is 5. The molecule has 0 spiro atoms. The molecule has 0 atom stereocenters. The van der Waals surface area contributed by atoms with Gasteiger partial charge in [0.05, 0.1) is 21.6 Å². The first-order chi connectivity index (χ1) is 16.5. The van der Waals surface area contributed by atoms with Crippen molar-refractivity contribution in [3.63, 3.8) is 0 Å². The second-order valence-corrected chi connectivity index (χ2v) is 9.49. The molecular formula is C26H21ClFN3O2S. The number of amides is 1. The molecule has 2 heterocycles. The number of hydrogen-bond acceptors (Lipinski definition) is 4. The maximum absolute atomic E-state index is 13.8. The largest absolute Gasteiger partial charge is 0.339 e. The second kappa shape index (κ2) is 9.60. The van der Waals surface area contributed by atoms with Crippen LogP contribution in [0.2, 0.25) is 5.02 Å². The Balaban J connectivity index is 1.45. The van der Waals surface area contributed by atoms with Gasteiger partial charge in [-0.25, -0.2) is 9.37 Å². The van der Waals surface area contributed by atoms with Crippen molar-refractivity contribution in [2.24, 2.45) is 0 Å². The summed E-state index contributed by atoms with van der Waals surface area (Å²) in [6, 6.07) is 18.9. The van der Waals surface area contributed by atoms with Crippen LogP contribution in [-0.4, -0.2) is 33.4 Å². The van der Waals surface area contributed by atoms with Gasteiger partial charge < -0.3 is 4.90 Å². The lowest BCUT2D eigenvalue weighted by Gasteiger charge is -2.15. The van der Waals surface area contributed by atoms with E-state index in [4.69, 9.17) is 16.6 Å². The number of likely N-dealkylation sites (tertiary alicyclic amines) is 1. The number of carbonyl (C=O) groups is 1. The normalized spacial score (nSPS) is 13.5. The number of nitrogens with zero attached hydrogens (tertiary/aromatic N) is 3. The van der Waals surface area contributed by atoms with E-state index in [-0.39, 0.29) is 16.5 Å². The summed E-state index contributed by atoms with van der Waals surface area (Å²) in [5.74, 6) is 0.0534. The maximum Gasteiger partial charge on any atom is 0.266 e. The first kappa shape index (κ1) is 22.6. The van der Waals surface area contributed by atoms with E-state index >= 15 is 0 Å². The van der Waals surface area contributed by atoms with Crippen molar-refractivity contribution in [3.8, 4) is 5.69 Å². The third-order valence-electron chi connectivity index (χ3n) is 5.87. The fraction of sp³-hybridized carbons (Fsp3) is 0.192. The van der Waals surface area contributed by atoms with Crippen molar-refractivity contribution in [2.75, 3.05) is 13.1 Å². The van der Waals surface area contributed by atoms with Crippen LogP contribution < -0.4 is 5.56 Å². The Hall–Kier alpha value is -3.16. The van der Waals surface area contributed by atoms with Crippen LogP contribution in [0, 0.1) is 5.82 Å². The maximum atomic E-state index is 13.8. The number of benzene rings is 3. The first-order valence-corrected chi connectivity index (χ1v) is 12.4. The smallest absolute Gasteiger partial charge is 0.266 e. The predicted octanol–water partition coefficient (Wildman–Crippen LogP) is 5.71. The molecule has 1 aromatic heterocycles. The molecule has 0 unspecified atom stereocenters. The first-order valence-electron chi connectivity index (χ1n) is 11.0. The number of halogens is 2. The minimum Gasteiger partial charge on any atom is -0.339 e. The number of para-hydroxylation sites is 1. The van der Waals surface area contributed by atoms with Crippen LogP contribution in [0.5, 0.6) is 0 Å². The Kier molecular flexibility index (Phi) is 6.39. The van der Waals surface area contributed by atoms with Gasteiger partial charge in [0.2, 0.25) is 0 Å². The van der Waals surface area contributed by atoms with Crippen molar-refractivity contribution in [3.05, 3.63) is 99.1 Å². The molecule has 172 valence electrons. The summed E-state index contributed by atoms with van der Waals surface area (Å²) in [4.78, 5) is 32.5. The molecule has 0 saturated carbocycles. The summed E-state index contributed by atoms with van der Waals surface area (Å²) in [7, 11) is 0. The van der Waals surface area contributed by atoms with E-state index in [1.807, 2.05) is 35.2 Å². The van der Waals surface area contributed by atoms with E-state index < -0.39 is 5.82 Å². The molecule has 34 heavy (non-hydrogen) atoms. The Labute approximate surface area is 205 Å². The molecule has 1 amide bonds. The molecule has 4 aromatic rings. The zero-order valence-corrected chi connectivity index (χ0v) is 19.8. The molecule has 1 aliphatic rings. The molecule has 1 fully saturated rings. The highest BCUT2D eigenvalue weighted by atomic mass is 35.5. The lowest BCUT2D eigenvalue weighted by Crippen LogP contribution is -2.27. The van der Waals surface area contributed by atoms with E-state index in [9.17, 15) is 14.0 Å². The van der Waals surface area contributed by atoms with Gasteiger partial charge in [0.25, 0.3) is 11.5 Å². The summed E-state index contributed by atoms with van der Waals surface area (Å²) >= 11 is 7.39.